The number of fused-ring (bicyclic) bond motifs is 1. The minimum atomic E-state index is 1.05. The first-order chi connectivity index (χ1) is 3.97. The average Bonchev–Trinajstić information content (AvgIpc) is 2.15. The van der Waals surface area contributed by atoms with E-state index in [1.54, 1.807) is 0 Å². The Balaban J connectivity index is 2.04. The van der Waals surface area contributed by atoms with Crippen LogP contribution in [0.25, 0.3) is 0 Å². The lowest BCUT2D eigenvalue weighted by molar-refractivity contribution is 0.489. The Morgan fingerprint density at radius 1 is 1.12 bits per heavy atom. The van der Waals surface area contributed by atoms with Crippen LogP contribution in [0, 0.1) is 18.3 Å². The van der Waals surface area contributed by atoms with Crippen molar-refractivity contribution in [2.75, 3.05) is 0 Å². The van der Waals surface area contributed by atoms with Gasteiger partial charge in [0.05, 0.1) is 0 Å². The van der Waals surface area contributed by atoms with Gasteiger partial charge in [-0.05, 0) is 37.5 Å². The Kier molecular flexibility index (Phi) is 1.06. The maximum Gasteiger partial charge on any atom is -0.0352 e. The van der Waals surface area contributed by atoms with E-state index in [9.17, 15) is 0 Å². The fourth-order valence-corrected chi connectivity index (χ4v) is 2.26. The van der Waals surface area contributed by atoms with Crippen LogP contribution in [0.1, 0.15) is 32.1 Å². The van der Waals surface area contributed by atoms with Crippen LogP contribution in [-0.4, -0.2) is 0 Å². The van der Waals surface area contributed by atoms with E-state index in [0.717, 1.165) is 11.8 Å². The zero-order valence-corrected chi connectivity index (χ0v) is 5.27. The quantitative estimate of drug-likeness (QED) is 0.448. The summed E-state index contributed by atoms with van der Waals surface area (Å²) in [6.07, 6.45) is 10.00. The molecule has 0 aromatic heterocycles. The molecule has 0 bridgehead atoms. The van der Waals surface area contributed by atoms with Crippen molar-refractivity contribution in [1.29, 1.82) is 0 Å². The Morgan fingerprint density at radius 2 is 2.12 bits per heavy atom. The minimum Gasteiger partial charge on any atom is -0.0527 e. The van der Waals surface area contributed by atoms with E-state index in [0.29, 0.717) is 0 Å². The molecule has 2 fully saturated rings. The highest BCUT2D eigenvalue weighted by Crippen LogP contribution is 2.42. The largest absolute Gasteiger partial charge is 0.0527 e. The van der Waals surface area contributed by atoms with Crippen molar-refractivity contribution in [3.05, 3.63) is 6.42 Å². The lowest BCUT2D eigenvalue weighted by Gasteiger charge is -2.04. The summed E-state index contributed by atoms with van der Waals surface area (Å²) in [5.74, 6) is 2.17. The zero-order chi connectivity index (χ0) is 5.40. The van der Waals surface area contributed by atoms with Crippen molar-refractivity contribution in [3.63, 3.8) is 0 Å². The van der Waals surface area contributed by atoms with E-state index in [1.165, 1.54) is 32.1 Å². The van der Waals surface area contributed by atoms with Gasteiger partial charge in [0.2, 0.25) is 0 Å². The van der Waals surface area contributed by atoms with Gasteiger partial charge in [0, 0.05) is 0 Å². The van der Waals surface area contributed by atoms with Gasteiger partial charge in [-0.3, -0.25) is 0 Å². The van der Waals surface area contributed by atoms with Gasteiger partial charge in [-0.25, -0.2) is 0 Å². The number of hydrogen-bond donors (Lipinski definition) is 0. The van der Waals surface area contributed by atoms with Crippen molar-refractivity contribution in [2.45, 2.75) is 32.1 Å². The molecule has 2 aliphatic carbocycles. The van der Waals surface area contributed by atoms with Crippen LogP contribution < -0.4 is 0 Å². The van der Waals surface area contributed by atoms with Gasteiger partial charge in [0.25, 0.3) is 0 Å². The molecule has 45 valence electrons. The van der Waals surface area contributed by atoms with Crippen LogP contribution in [-0.2, 0) is 0 Å². The second-order valence-corrected chi connectivity index (χ2v) is 3.17. The second kappa shape index (κ2) is 1.75. The van der Waals surface area contributed by atoms with Crippen LogP contribution in [0.2, 0.25) is 0 Å². The zero-order valence-electron chi connectivity index (χ0n) is 5.27. The fraction of sp³-hybridized carbons (Fsp3) is 0.875. The molecule has 0 spiro atoms. The predicted molar refractivity (Wildman–Crippen MR) is 34.4 cm³/mol. The molecule has 0 heteroatoms. The molecule has 0 amide bonds. The summed E-state index contributed by atoms with van der Waals surface area (Å²) in [4.78, 5) is 0. The van der Waals surface area contributed by atoms with Crippen molar-refractivity contribution < 1.29 is 0 Å². The third-order valence-electron chi connectivity index (χ3n) is 2.72. The highest BCUT2D eigenvalue weighted by atomic mass is 14.4. The smallest absolute Gasteiger partial charge is 0.0352 e. The summed E-state index contributed by atoms with van der Waals surface area (Å²) < 4.78 is 0. The maximum absolute atomic E-state index is 2.54. The van der Waals surface area contributed by atoms with Gasteiger partial charge in [-0.15, -0.1) is 0 Å². The summed E-state index contributed by atoms with van der Waals surface area (Å²) in [6.45, 7) is 0. The van der Waals surface area contributed by atoms with Crippen LogP contribution >= 0.6 is 0 Å². The summed E-state index contributed by atoms with van der Waals surface area (Å²) in [7, 11) is 0. The van der Waals surface area contributed by atoms with Crippen molar-refractivity contribution in [1.82, 2.24) is 0 Å². The third kappa shape index (κ3) is 0.586. The maximum atomic E-state index is 2.54. The SMILES string of the molecule is [CH]1CC[C@H]2CCC[C@@H]12. The highest BCUT2D eigenvalue weighted by molar-refractivity contribution is 4.93. The van der Waals surface area contributed by atoms with E-state index in [2.05, 4.69) is 6.42 Å². The van der Waals surface area contributed by atoms with Gasteiger partial charge >= 0.3 is 0 Å². The first-order valence-corrected chi connectivity index (χ1v) is 3.80. The third-order valence-corrected chi connectivity index (χ3v) is 2.72. The number of rotatable bonds is 0. The van der Waals surface area contributed by atoms with Gasteiger partial charge in [-0.2, -0.15) is 0 Å². The standard InChI is InChI=1S/C8H13/c1-3-7-5-2-6-8(7)4-1/h3,7-8H,1-2,4-6H2/t7-,8+/m1/s1. The Morgan fingerprint density at radius 3 is 3.00 bits per heavy atom. The topological polar surface area (TPSA) is 0 Å². The molecule has 0 saturated heterocycles. The van der Waals surface area contributed by atoms with Crippen molar-refractivity contribution in [2.24, 2.45) is 11.8 Å². The molecule has 0 aliphatic heterocycles. The molecule has 0 nitrogen and oxygen atoms in total. The van der Waals surface area contributed by atoms with Gasteiger partial charge in [0.1, 0.15) is 0 Å². The first kappa shape index (κ1) is 4.84. The lowest BCUT2D eigenvalue weighted by Crippen LogP contribution is -1.96. The van der Waals surface area contributed by atoms with E-state index < -0.39 is 0 Å². The molecule has 2 atom stereocenters. The van der Waals surface area contributed by atoms with Crippen LogP contribution in [0.5, 0.6) is 0 Å². The van der Waals surface area contributed by atoms with Crippen molar-refractivity contribution >= 4 is 0 Å². The Labute approximate surface area is 51.3 Å². The van der Waals surface area contributed by atoms with Gasteiger partial charge in [0.15, 0.2) is 0 Å². The van der Waals surface area contributed by atoms with Gasteiger partial charge in [-0.1, -0.05) is 12.8 Å². The minimum absolute atomic E-state index is 1.05. The molecular weight excluding hydrogens is 96.1 g/mol. The predicted octanol–water partition coefficient (Wildman–Crippen LogP) is 2.40. The summed E-state index contributed by atoms with van der Waals surface area (Å²) >= 11 is 0. The van der Waals surface area contributed by atoms with E-state index in [1.807, 2.05) is 0 Å². The molecule has 1 radical (unpaired) electrons. The molecule has 2 saturated carbocycles. The number of hydrogen-bond acceptors (Lipinski definition) is 0. The second-order valence-electron chi connectivity index (χ2n) is 3.17. The molecule has 2 rings (SSSR count). The normalized spacial score (nSPS) is 45.0. The van der Waals surface area contributed by atoms with Crippen LogP contribution in [0.3, 0.4) is 0 Å². The molecule has 2 aliphatic rings. The van der Waals surface area contributed by atoms with Gasteiger partial charge < -0.3 is 0 Å². The molecular formula is C8H13. The van der Waals surface area contributed by atoms with Crippen molar-refractivity contribution in [3.8, 4) is 0 Å². The average molecular weight is 109 g/mol. The fourth-order valence-electron chi connectivity index (χ4n) is 2.26. The highest BCUT2D eigenvalue weighted by Gasteiger charge is 2.30. The molecule has 0 unspecified atom stereocenters. The molecule has 8 heavy (non-hydrogen) atoms. The Bertz CT molecular complexity index is 66.0. The Hall–Kier alpha value is 0. The van der Waals surface area contributed by atoms with Crippen LogP contribution in [0.15, 0.2) is 0 Å². The van der Waals surface area contributed by atoms with E-state index in [-0.39, 0.29) is 0 Å². The molecule has 0 N–H and O–H groups in total. The van der Waals surface area contributed by atoms with Crippen LogP contribution in [0.4, 0.5) is 0 Å². The first-order valence-electron chi connectivity index (χ1n) is 3.80. The summed E-state index contributed by atoms with van der Waals surface area (Å²) in [5.41, 5.74) is 0. The monoisotopic (exact) mass is 109 g/mol. The summed E-state index contributed by atoms with van der Waals surface area (Å²) in [5, 5.41) is 0. The van der Waals surface area contributed by atoms with E-state index in [4.69, 9.17) is 0 Å². The van der Waals surface area contributed by atoms with E-state index >= 15 is 0 Å². The molecule has 0 heterocycles. The lowest BCUT2D eigenvalue weighted by atomic mass is 10.0. The molecule has 0 aromatic rings. The molecule has 0 aromatic carbocycles. The summed E-state index contributed by atoms with van der Waals surface area (Å²) in [6, 6.07) is 0.